The van der Waals surface area contributed by atoms with Gasteiger partial charge in [-0.15, -0.1) is 10.2 Å². The Morgan fingerprint density at radius 2 is 1.87 bits per heavy atom. The zero-order valence-electron chi connectivity index (χ0n) is 16.5. The van der Waals surface area contributed by atoms with Crippen molar-refractivity contribution in [1.29, 1.82) is 0 Å². The number of nitrogens with one attached hydrogen (secondary N) is 1. The summed E-state index contributed by atoms with van der Waals surface area (Å²) in [7, 11) is 0. The molecule has 2 aromatic heterocycles. The van der Waals surface area contributed by atoms with E-state index < -0.39 is 0 Å². The van der Waals surface area contributed by atoms with Gasteiger partial charge in [0.2, 0.25) is 0 Å². The number of carbonyl (C=O) groups is 1. The van der Waals surface area contributed by atoms with Crippen molar-refractivity contribution in [1.82, 2.24) is 15.5 Å². The first-order valence-electron chi connectivity index (χ1n) is 9.60. The van der Waals surface area contributed by atoms with Crippen molar-refractivity contribution in [2.24, 2.45) is 0 Å². The fourth-order valence-electron chi connectivity index (χ4n) is 2.92. The lowest BCUT2D eigenvalue weighted by atomic mass is 10.1. The SMILES string of the molecule is Cc1ccc(-c2ccc(SCc3cccc(C(=O)NCc4ccco4)c3)nn2)cc1. The molecule has 0 saturated carbocycles. The van der Waals surface area contributed by atoms with Crippen molar-refractivity contribution in [3.63, 3.8) is 0 Å². The standard InChI is InChI=1S/C24H21N3O2S/c1-17-7-9-19(10-8-17)22-11-12-23(27-26-22)30-16-18-4-2-5-20(14-18)24(28)25-15-21-6-3-13-29-21/h2-14H,15-16H2,1H3,(H,25,28). The van der Waals surface area contributed by atoms with Gasteiger partial charge in [0, 0.05) is 16.9 Å². The van der Waals surface area contributed by atoms with E-state index in [1.54, 1.807) is 24.1 Å². The second kappa shape index (κ2) is 9.41. The van der Waals surface area contributed by atoms with E-state index in [1.165, 1.54) is 5.56 Å². The van der Waals surface area contributed by atoms with Gasteiger partial charge in [-0.05, 0) is 48.9 Å². The van der Waals surface area contributed by atoms with Gasteiger partial charge in [0.15, 0.2) is 0 Å². The highest BCUT2D eigenvalue weighted by Crippen LogP contribution is 2.23. The lowest BCUT2D eigenvalue weighted by molar-refractivity contribution is 0.0948. The lowest BCUT2D eigenvalue weighted by Gasteiger charge is -2.06. The van der Waals surface area contributed by atoms with Crippen LogP contribution in [-0.4, -0.2) is 16.1 Å². The highest BCUT2D eigenvalue weighted by Gasteiger charge is 2.08. The Bertz CT molecular complexity index is 1110. The topological polar surface area (TPSA) is 68.0 Å². The average molecular weight is 416 g/mol. The fourth-order valence-corrected chi connectivity index (χ4v) is 3.67. The highest BCUT2D eigenvalue weighted by atomic mass is 32.2. The average Bonchev–Trinajstić information content (AvgIpc) is 3.31. The Balaban J connectivity index is 1.35. The zero-order valence-corrected chi connectivity index (χ0v) is 17.4. The van der Waals surface area contributed by atoms with Gasteiger partial charge in [0.1, 0.15) is 10.8 Å². The molecule has 0 bridgehead atoms. The van der Waals surface area contributed by atoms with Crippen molar-refractivity contribution in [2.45, 2.75) is 24.2 Å². The first kappa shape index (κ1) is 19.9. The summed E-state index contributed by atoms with van der Waals surface area (Å²) in [5.74, 6) is 1.31. The molecule has 4 rings (SSSR count). The summed E-state index contributed by atoms with van der Waals surface area (Å²) >= 11 is 1.59. The third kappa shape index (κ3) is 5.15. The monoisotopic (exact) mass is 415 g/mol. The lowest BCUT2D eigenvalue weighted by Crippen LogP contribution is -2.22. The Kier molecular flexibility index (Phi) is 6.25. The number of amides is 1. The van der Waals surface area contributed by atoms with Crippen LogP contribution < -0.4 is 5.32 Å². The van der Waals surface area contributed by atoms with Crippen LogP contribution in [0.15, 0.2) is 88.5 Å². The second-order valence-corrected chi connectivity index (χ2v) is 7.87. The number of thioether (sulfide) groups is 1. The van der Waals surface area contributed by atoms with Crippen LogP contribution in [0.2, 0.25) is 0 Å². The molecule has 0 fully saturated rings. The second-order valence-electron chi connectivity index (χ2n) is 6.87. The minimum absolute atomic E-state index is 0.125. The van der Waals surface area contributed by atoms with Crippen LogP contribution >= 0.6 is 11.8 Å². The van der Waals surface area contributed by atoms with Crippen molar-refractivity contribution in [3.05, 3.63) is 102 Å². The molecule has 4 aromatic rings. The van der Waals surface area contributed by atoms with Crippen molar-refractivity contribution in [3.8, 4) is 11.3 Å². The quantitative estimate of drug-likeness (QED) is 0.417. The fraction of sp³-hybridized carbons (Fsp3) is 0.125. The van der Waals surface area contributed by atoms with Crippen LogP contribution in [-0.2, 0) is 12.3 Å². The van der Waals surface area contributed by atoms with E-state index in [4.69, 9.17) is 4.42 Å². The van der Waals surface area contributed by atoms with E-state index in [2.05, 4.69) is 46.7 Å². The molecule has 0 spiro atoms. The predicted octanol–water partition coefficient (Wildman–Crippen LogP) is 5.27. The number of carbonyl (C=O) groups excluding carboxylic acids is 1. The summed E-state index contributed by atoms with van der Waals surface area (Å²) in [4.78, 5) is 12.4. The van der Waals surface area contributed by atoms with Crippen molar-refractivity contribution < 1.29 is 9.21 Å². The minimum Gasteiger partial charge on any atom is -0.467 e. The van der Waals surface area contributed by atoms with Crippen LogP contribution in [0, 0.1) is 6.92 Å². The van der Waals surface area contributed by atoms with Crippen LogP contribution in [0.4, 0.5) is 0 Å². The largest absolute Gasteiger partial charge is 0.467 e. The van der Waals surface area contributed by atoms with Gasteiger partial charge < -0.3 is 9.73 Å². The minimum atomic E-state index is -0.125. The van der Waals surface area contributed by atoms with Gasteiger partial charge in [0.25, 0.3) is 5.91 Å². The van der Waals surface area contributed by atoms with Gasteiger partial charge in [-0.25, -0.2) is 0 Å². The molecule has 0 aliphatic carbocycles. The Morgan fingerprint density at radius 1 is 1.00 bits per heavy atom. The van der Waals surface area contributed by atoms with Gasteiger partial charge in [-0.3, -0.25) is 4.79 Å². The number of aromatic nitrogens is 2. The number of rotatable bonds is 7. The molecule has 2 aromatic carbocycles. The molecular weight excluding hydrogens is 394 g/mol. The maximum atomic E-state index is 12.4. The molecule has 1 N–H and O–H groups in total. The molecule has 30 heavy (non-hydrogen) atoms. The molecule has 0 unspecified atom stereocenters. The first-order chi connectivity index (χ1) is 14.7. The Labute approximate surface area is 179 Å². The number of benzene rings is 2. The van der Waals surface area contributed by atoms with Crippen LogP contribution in [0.3, 0.4) is 0 Å². The Morgan fingerprint density at radius 3 is 2.60 bits per heavy atom. The summed E-state index contributed by atoms with van der Waals surface area (Å²) in [5.41, 5.74) is 4.80. The van der Waals surface area contributed by atoms with E-state index in [9.17, 15) is 4.79 Å². The summed E-state index contributed by atoms with van der Waals surface area (Å²) < 4.78 is 5.24. The molecule has 0 radical (unpaired) electrons. The van der Waals surface area contributed by atoms with E-state index in [0.717, 1.165) is 27.6 Å². The molecule has 0 saturated heterocycles. The zero-order chi connectivity index (χ0) is 20.8. The Hall–Kier alpha value is -3.38. The molecule has 5 nitrogen and oxygen atoms in total. The summed E-state index contributed by atoms with van der Waals surface area (Å²) in [6, 6.07) is 23.4. The van der Waals surface area contributed by atoms with E-state index in [1.807, 2.05) is 42.5 Å². The van der Waals surface area contributed by atoms with Crippen LogP contribution in [0.5, 0.6) is 0 Å². The molecular formula is C24H21N3O2S. The van der Waals surface area contributed by atoms with Crippen LogP contribution in [0.25, 0.3) is 11.3 Å². The molecule has 1 amide bonds. The van der Waals surface area contributed by atoms with Gasteiger partial charge in [0.05, 0.1) is 18.5 Å². The number of hydrogen-bond donors (Lipinski definition) is 1. The van der Waals surface area contributed by atoms with Gasteiger partial charge in [-0.2, -0.15) is 0 Å². The smallest absolute Gasteiger partial charge is 0.251 e. The molecule has 0 aliphatic rings. The van der Waals surface area contributed by atoms with Gasteiger partial charge in [-0.1, -0.05) is 53.7 Å². The van der Waals surface area contributed by atoms with Crippen molar-refractivity contribution >= 4 is 17.7 Å². The maximum absolute atomic E-state index is 12.4. The van der Waals surface area contributed by atoms with Crippen molar-refractivity contribution in [2.75, 3.05) is 0 Å². The summed E-state index contributed by atoms with van der Waals surface area (Å²) in [6.07, 6.45) is 1.59. The third-order valence-corrected chi connectivity index (χ3v) is 5.56. The molecule has 150 valence electrons. The first-order valence-corrected chi connectivity index (χ1v) is 10.6. The van der Waals surface area contributed by atoms with E-state index in [0.29, 0.717) is 17.9 Å². The number of nitrogens with zero attached hydrogens (tertiary/aromatic N) is 2. The third-order valence-electron chi connectivity index (χ3n) is 4.57. The predicted molar refractivity (Wildman–Crippen MR) is 118 cm³/mol. The molecule has 2 heterocycles. The van der Waals surface area contributed by atoms with E-state index >= 15 is 0 Å². The summed E-state index contributed by atoms with van der Waals surface area (Å²) in [5, 5.41) is 12.4. The van der Waals surface area contributed by atoms with Gasteiger partial charge >= 0.3 is 0 Å². The molecule has 0 aliphatic heterocycles. The number of aryl methyl sites for hydroxylation is 1. The normalized spacial score (nSPS) is 10.7. The molecule has 6 heteroatoms. The van der Waals surface area contributed by atoms with E-state index in [-0.39, 0.29) is 5.91 Å². The maximum Gasteiger partial charge on any atom is 0.251 e. The number of furan rings is 1. The highest BCUT2D eigenvalue weighted by molar-refractivity contribution is 7.98. The summed E-state index contributed by atoms with van der Waals surface area (Å²) in [6.45, 7) is 2.43. The number of hydrogen-bond acceptors (Lipinski definition) is 5. The molecule has 0 atom stereocenters. The van der Waals surface area contributed by atoms with Crippen LogP contribution in [0.1, 0.15) is 27.2 Å².